The molecule has 0 fully saturated rings. The molecule has 60 heavy (non-hydrogen) atoms. The zero-order chi connectivity index (χ0) is 42.6. The first-order chi connectivity index (χ1) is 28.3. The van der Waals surface area contributed by atoms with Crippen molar-refractivity contribution in [2.45, 2.75) is 112 Å². The summed E-state index contributed by atoms with van der Waals surface area (Å²) in [6.07, 6.45) is 0. The Hall–Kier alpha value is -5.45. The normalized spacial score (nSPS) is 13.1. The first-order valence-electron chi connectivity index (χ1n) is 21.9. The summed E-state index contributed by atoms with van der Waals surface area (Å²) in [6, 6.07) is 43.3. The lowest BCUT2D eigenvalue weighted by atomic mass is 9.78. The van der Waals surface area contributed by atoms with Crippen LogP contribution >= 0.6 is 0 Å². The number of benzene rings is 7. The second-order valence-corrected chi connectivity index (χ2v) is 26.0. The van der Waals surface area contributed by atoms with Gasteiger partial charge in [-0.25, -0.2) is 4.98 Å². The summed E-state index contributed by atoms with van der Waals surface area (Å²) in [5, 5.41) is 8.54. The van der Waals surface area contributed by atoms with Crippen molar-refractivity contribution in [3.8, 4) is 28.2 Å². The minimum absolute atomic E-state index is 0.0216. The van der Waals surface area contributed by atoms with Gasteiger partial charge in [0.1, 0.15) is 17.0 Å². The molecule has 0 bridgehead atoms. The van der Waals surface area contributed by atoms with Crippen LogP contribution in [-0.4, -0.2) is 17.6 Å². The molecule has 0 spiro atoms. The van der Waals surface area contributed by atoms with Crippen LogP contribution in [-0.2, 0) is 10.8 Å². The molecule has 0 unspecified atom stereocenters. The number of fused-ring (bicyclic) bond motifs is 7. The molecule has 3 nitrogen and oxygen atoms in total. The van der Waals surface area contributed by atoms with E-state index < -0.39 is 8.07 Å². The molecule has 0 amide bonds. The molecule has 0 atom stereocenters. The van der Waals surface area contributed by atoms with Gasteiger partial charge >= 0.3 is 0 Å². The third-order valence-electron chi connectivity index (χ3n) is 12.7. The maximum atomic E-state index is 7.04. The molecule has 9 rings (SSSR count). The average molecular weight is 805 g/mol. The molecule has 2 aromatic heterocycles. The fraction of sp³-hybridized carbons (Fsp3) is 0.304. The minimum Gasteiger partial charge on any atom is -0.455 e. The van der Waals surface area contributed by atoms with Crippen LogP contribution in [0.5, 0.6) is 0 Å². The van der Waals surface area contributed by atoms with Crippen molar-refractivity contribution in [1.29, 1.82) is 0 Å². The predicted molar refractivity (Wildman–Crippen MR) is 263 cm³/mol. The molecule has 4 heteroatoms. The highest BCUT2D eigenvalue weighted by Crippen LogP contribution is 2.44. The van der Waals surface area contributed by atoms with E-state index in [9.17, 15) is 0 Å². The Morgan fingerprint density at radius 2 is 1.17 bits per heavy atom. The highest BCUT2D eigenvalue weighted by atomic mass is 28.3. The quantitative estimate of drug-likeness (QED) is 0.124. The smallest absolute Gasteiger partial charge is 0.149 e. The standard InChI is InChI=1S/C56H60N2OSi/c1-33(2)44-29-38(37-26-39(55(5,6)7)31-40(27-37)56(8,9)10)30-45(34(3)4)51(44)58-52-48(22-17-23-50(52)60(11,12)13)57-54(58)43-21-16-20-42-47-28-36-25-24-35-18-14-15-19-41(35)46(36)32-49(47)59-53(42)43/h14-34H,1-13H3. The molecular formula is C56H60N2OSi. The number of rotatable bonds is 6. The van der Waals surface area contributed by atoms with Gasteiger partial charge in [0.15, 0.2) is 0 Å². The summed E-state index contributed by atoms with van der Waals surface area (Å²) in [5.41, 5.74) is 14.3. The monoisotopic (exact) mass is 804 g/mol. The molecule has 0 aliphatic rings. The maximum absolute atomic E-state index is 7.04. The maximum Gasteiger partial charge on any atom is 0.149 e. The third kappa shape index (κ3) is 6.68. The van der Waals surface area contributed by atoms with E-state index in [4.69, 9.17) is 9.40 Å². The molecule has 0 N–H and O–H groups in total. The van der Waals surface area contributed by atoms with Crippen molar-refractivity contribution in [1.82, 2.24) is 9.55 Å². The van der Waals surface area contributed by atoms with Crippen molar-refractivity contribution >= 4 is 67.8 Å². The lowest BCUT2D eigenvalue weighted by molar-refractivity contribution is 0.569. The van der Waals surface area contributed by atoms with Crippen LogP contribution in [0.1, 0.15) is 103 Å². The van der Waals surface area contributed by atoms with Crippen molar-refractivity contribution in [3.05, 3.63) is 138 Å². The number of hydrogen-bond donors (Lipinski definition) is 0. The van der Waals surface area contributed by atoms with E-state index in [2.05, 4.69) is 209 Å². The third-order valence-corrected chi connectivity index (χ3v) is 14.7. The van der Waals surface area contributed by atoms with Gasteiger partial charge in [-0.05, 0) is 119 Å². The summed E-state index contributed by atoms with van der Waals surface area (Å²) in [7, 11) is -1.87. The van der Waals surface area contributed by atoms with Gasteiger partial charge in [0, 0.05) is 10.8 Å². The van der Waals surface area contributed by atoms with E-state index in [1.54, 1.807) is 0 Å². The van der Waals surface area contributed by atoms with Crippen LogP contribution in [0.3, 0.4) is 0 Å². The number of aromatic nitrogens is 2. The van der Waals surface area contributed by atoms with Gasteiger partial charge in [-0.15, -0.1) is 0 Å². The Labute approximate surface area is 357 Å². The highest BCUT2D eigenvalue weighted by Gasteiger charge is 2.30. The summed E-state index contributed by atoms with van der Waals surface area (Å²) in [6.45, 7) is 30.8. The summed E-state index contributed by atoms with van der Waals surface area (Å²) < 4.78 is 9.60. The van der Waals surface area contributed by atoms with Crippen LogP contribution in [0.2, 0.25) is 19.6 Å². The van der Waals surface area contributed by atoms with Crippen molar-refractivity contribution < 1.29 is 4.42 Å². The largest absolute Gasteiger partial charge is 0.455 e. The fourth-order valence-electron chi connectivity index (χ4n) is 9.25. The molecule has 2 heterocycles. The van der Waals surface area contributed by atoms with E-state index in [-0.39, 0.29) is 22.7 Å². The molecule has 7 aromatic carbocycles. The Bertz CT molecular complexity index is 3090. The van der Waals surface area contributed by atoms with Crippen molar-refractivity contribution in [2.75, 3.05) is 0 Å². The second-order valence-electron chi connectivity index (χ2n) is 20.9. The number of furan rings is 1. The number of para-hydroxylation sites is 2. The van der Waals surface area contributed by atoms with E-state index in [1.807, 2.05) is 0 Å². The van der Waals surface area contributed by atoms with Gasteiger partial charge < -0.3 is 4.42 Å². The molecule has 0 aliphatic carbocycles. The Morgan fingerprint density at radius 1 is 0.567 bits per heavy atom. The highest BCUT2D eigenvalue weighted by molar-refractivity contribution is 6.90. The molecule has 0 saturated carbocycles. The van der Waals surface area contributed by atoms with E-state index in [0.29, 0.717) is 0 Å². The topological polar surface area (TPSA) is 31.0 Å². The van der Waals surface area contributed by atoms with E-state index >= 15 is 0 Å². The van der Waals surface area contributed by atoms with Crippen LogP contribution in [0, 0.1) is 0 Å². The van der Waals surface area contributed by atoms with Gasteiger partial charge in [-0.2, -0.15) is 0 Å². The minimum atomic E-state index is -1.87. The van der Waals surface area contributed by atoms with Crippen molar-refractivity contribution in [2.24, 2.45) is 0 Å². The number of imidazole rings is 1. The van der Waals surface area contributed by atoms with Gasteiger partial charge in [0.25, 0.3) is 0 Å². The SMILES string of the molecule is CC(C)c1cc(-c2cc(C(C)(C)C)cc(C(C)(C)C)c2)cc(C(C)C)c1-n1c(-c2cccc3c2oc2cc4c(ccc5ccccc54)cc23)nc2cccc([Si](C)(C)C)c21. The van der Waals surface area contributed by atoms with Gasteiger partial charge in [0.05, 0.1) is 30.4 Å². The lowest BCUT2D eigenvalue weighted by Crippen LogP contribution is -2.38. The lowest BCUT2D eigenvalue weighted by Gasteiger charge is -2.28. The second kappa shape index (κ2) is 14.1. The number of nitrogens with zero attached hydrogens (tertiary/aromatic N) is 2. The summed E-state index contributed by atoms with van der Waals surface area (Å²) in [4.78, 5) is 5.63. The molecular weight excluding hydrogens is 745 g/mol. The number of hydrogen-bond acceptors (Lipinski definition) is 2. The fourth-order valence-corrected chi connectivity index (χ4v) is 10.8. The molecule has 0 aliphatic heterocycles. The Morgan fingerprint density at radius 3 is 1.80 bits per heavy atom. The first kappa shape index (κ1) is 40.0. The summed E-state index contributed by atoms with van der Waals surface area (Å²) >= 11 is 0. The Kier molecular flexibility index (Phi) is 9.37. The van der Waals surface area contributed by atoms with Crippen molar-refractivity contribution in [3.63, 3.8) is 0 Å². The molecule has 0 saturated heterocycles. The van der Waals surface area contributed by atoms with Crippen LogP contribution in [0.4, 0.5) is 0 Å². The molecule has 304 valence electrons. The van der Waals surface area contributed by atoms with Gasteiger partial charge in [0.2, 0.25) is 0 Å². The van der Waals surface area contributed by atoms with Gasteiger partial charge in [-0.3, -0.25) is 4.57 Å². The first-order valence-corrected chi connectivity index (χ1v) is 25.4. The van der Waals surface area contributed by atoms with E-state index in [0.717, 1.165) is 38.8 Å². The zero-order valence-corrected chi connectivity index (χ0v) is 38.9. The van der Waals surface area contributed by atoms with Gasteiger partial charge in [-0.1, -0.05) is 168 Å². The van der Waals surface area contributed by atoms with Crippen LogP contribution in [0.15, 0.2) is 120 Å². The average Bonchev–Trinajstić information content (AvgIpc) is 3.76. The van der Waals surface area contributed by atoms with E-state index in [1.165, 1.54) is 71.3 Å². The molecule has 0 radical (unpaired) electrons. The zero-order valence-electron chi connectivity index (χ0n) is 37.9. The predicted octanol–water partition coefficient (Wildman–Crippen LogP) is 16.0. The van der Waals surface area contributed by atoms with Crippen LogP contribution in [0.25, 0.3) is 82.7 Å². The summed E-state index contributed by atoms with van der Waals surface area (Å²) in [5.74, 6) is 1.43. The Balaban J connectivity index is 1.38. The van der Waals surface area contributed by atoms with Crippen LogP contribution < -0.4 is 5.19 Å². The molecule has 9 aromatic rings.